The van der Waals surface area contributed by atoms with Crippen molar-refractivity contribution in [2.24, 2.45) is 5.73 Å². The van der Waals surface area contributed by atoms with Gasteiger partial charge in [-0.3, -0.25) is 9.52 Å². The summed E-state index contributed by atoms with van der Waals surface area (Å²) in [6, 6.07) is 9.70. The largest absolute Gasteiger partial charge is 0.468 e. The first-order valence-corrected chi connectivity index (χ1v) is 9.65. The summed E-state index contributed by atoms with van der Waals surface area (Å²) in [4.78, 5) is 11.7. The summed E-state index contributed by atoms with van der Waals surface area (Å²) in [6.07, 6.45) is 0.315. The maximum Gasteiger partial charge on any atom is 0.322 e. The molecule has 0 amide bonds. The van der Waals surface area contributed by atoms with Gasteiger partial charge in [0.05, 0.1) is 12.0 Å². The molecule has 0 aromatic heterocycles. The van der Waals surface area contributed by atoms with Crippen molar-refractivity contribution in [1.29, 1.82) is 0 Å². The predicted molar refractivity (Wildman–Crippen MR) is 102 cm³/mol. The Labute approximate surface area is 154 Å². The van der Waals surface area contributed by atoms with E-state index in [0.717, 1.165) is 11.1 Å². The molecule has 0 aliphatic carbocycles. The van der Waals surface area contributed by atoms with Crippen molar-refractivity contribution in [3.05, 3.63) is 58.7 Å². The van der Waals surface area contributed by atoms with Crippen LogP contribution < -0.4 is 10.5 Å². The van der Waals surface area contributed by atoms with E-state index in [1.165, 1.54) is 7.11 Å². The van der Waals surface area contributed by atoms with E-state index in [9.17, 15) is 13.2 Å². The van der Waals surface area contributed by atoms with Gasteiger partial charge in [-0.25, -0.2) is 8.42 Å². The van der Waals surface area contributed by atoms with Crippen molar-refractivity contribution < 1.29 is 17.9 Å². The fourth-order valence-corrected chi connectivity index (χ4v) is 4.51. The molecule has 0 heterocycles. The number of rotatable bonds is 6. The highest BCUT2D eigenvalue weighted by Gasteiger charge is 2.20. The van der Waals surface area contributed by atoms with E-state index >= 15 is 0 Å². The highest BCUT2D eigenvalue weighted by Crippen LogP contribution is 2.24. The van der Waals surface area contributed by atoms with Crippen molar-refractivity contribution in [3.8, 4) is 0 Å². The minimum atomic E-state index is -3.69. The third-order valence-corrected chi connectivity index (χ3v) is 5.72. The van der Waals surface area contributed by atoms with Crippen molar-refractivity contribution in [3.63, 3.8) is 0 Å². The molecular weight excluding hydrogens is 352 g/mol. The molecule has 0 radical (unpaired) electrons. The zero-order chi connectivity index (χ0) is 19.5. The van der Waals surface area contributed by atoms with Crippen LogP contribution in [0.4, 0.5) is 5.69 Å². The molecule has 6 nitrogen and oxygen atoms in total. The molecule has 140 valence electrons. The van der Waals surface area contributed by atoms with Crippen LogP contribution in [0.1, 0.15) is 22.3 Å². The molecule has 0 aliphatic rings. The lowest BCUT2D eigenvalue weighted by Crippen LogP contribution is -2.33. The number of hydrogen-bond donors (Lipinski definition) is 2. The highest BCUT2D eigenvalue weighted by atomic mass is 32.2. The van der Waals surface area contributed by atoms with Gasteiger partial charge in [0.1, 0.15) is 6.04 Å². The lowest BCUT2D eigenvalue weighted by molar-refractivity contribution is -0.142. The molecule has 1 unspecified atom stereocenters. The number of sulfonamides is 1. The summed E-state index contributed by atoms with van der Waals surface area (Å²) in [5, 5.41) is 0. The van der Waals surface area contributed by atoms with Gasteiger partial charge in [-0.1, -0.05) is 29.8 Å². The van der Waals surface area contributed by atoms with Crippen molar-refractivity contribution in [2.75, 3.05) is 11.8 Å². The Morgan fingerprint density at radius 3 is 2.15 bits per heavy atom. The third kappa shape index (κ3) is 4.62. The van der Waals surface area contributed by atoms with Crippen LogP contribution in [0.15, 0.2) is 41.3 Å². The minimum absolute atomic E-state index is 0.292. The molecule has 2 aromatic carbocycles. The number of esters is 1. The lowest BCUT2D eigenvalue weighted by Gasteiger charge is -2.14. The molecule has 2 rings (SSSR count). The van der Waals surface area contributed by atoms with Crippen LogP contribution in [0.5, 0.6) is 0 Å². The van der Waals surface area contributed by atoms with Crippen LogP contribution in [-0.2, 0) is 26.0 Å². The average Bonchev–Trinajstić information content (AvgIpc) is 2.54. The van der Waals surface area contributed by atoms with Crippen LogP contribution >= 0.6 is 0 Å². The molecule has 2 aromatic rings. The van der Waals surface area contributed by atoms with Crippen molar-refractivity contribution in [1.82, 2.24) is 0 Å². The van der Waals surface area contributed by atoms with Crippen LogP contribution in [0.3, 0.4) is 0 Å². The number of nitrogens with one attached hydrogen (secondary N) is 1. The van der Waals surface area contributed by atoms with Gasteiger partial charge >= 0.3 is 5.97 Å². The number of hydrogen-bond acceptors (Lipinski definition) is 5. The Hall–Kier alpha value is -2.38. The number of nitrogens with two attached hydrogens (primary N) is 1. The topological polar surface area (TPSA) is 98.5 Å². The molecule has 3 N–H and O–H groups in total. The van der Waals surface area contributed by atoms with E-state index in [4.69, 9.17) is 5.73 Å². The predicted octanol–water partition coefficient (Wildman–Crippen LogP) is 2.46. The Balaban J connectivity index is 2.19. The monoisotopic (exact) mass is 376 g/mol. The van der Waals surface area contributed by atoms with E-state index < -0.39 is 22.0 Å². The summed E-state index contributed by atoms with van der Waals surface area (Å²) >= 11 is 0. The van der Waals surface area contributed by atoms with E-state index in [2.05, 4.69) is 9.46 Å². The van der Waals surface area contributed by atoms with Crippen LogP contribution in [0.2, 0.25) is 0 Å². The number of benzene rings is 2. The third-order valence-electron chi connectivity index (χ3n) is 4.04. The van der Waals surface area contributed by atoms with Crippen LogP contribution in [-0.4, -0.2) is 27.5 Å². The number of anilines is 1. The van der Waals surface area contributed by atoms with Gasteiger partial charge in [0, 0.05) is 5.69 Å². The number of carbonyl (C=O) groups is 1. The second-order valence-electron chi connectivity index (χ2n) is 6.36. The zero-order valence-corrected chi connectivity index (χ0v) is 16.2. The summed E-state index contributed by atoms with van der Waals surface area (Å²) in [7, 11) is -2.41. The van der Waals surface area contributed by atoms with Gasteiger partial charge in [-0.2, -0.15) is 0 Å². The Morgan fingerprint density at radius 1 is 1.12 bits per heavy atom. The molecule has 0 bridgehead atoms. The minimum Gasteiger partial charge on any atom is -0.468 e. The Bertz CT molecular complexity index is 883. The number of carbonyl (C=O) groups excluding carboxylic acids is 1. The molecule has 0 fully saturated rings. The van der Waals surface area contributed by atoms with Gasteiger partial charge in [-0.15, -0.1) is 0 Å². The summed E-state index contributed by atoms with van der Waals surface area (Å²) in [6.45, 7) is 5.50. The highest BCUT2D eigenvalue weighted by molar-refractivity contribution is 7.92. The van der Waals surface area contributed by atoms with E-state index in [1.807, 2.05) is 19.1 Å². The first-order chi connectivity index (χ1) is 12.1. The Kier molecular flexibility index (Phi) is 6.05. The molecule has 0 spiro atoms. The summed E-state index contributed by atoms with van der Waals surface area (Å²) in [5.74, 6) is -0.486. The van der Waals surface area contributed by atoms with Crippen LogP contribution in [0.25, 0.3) is 0 Å². The SMILES string of the molecule is COC(=O)C(N)Cc1ccc(NS(=O)(=O)c2c(C)cc(C)cc2C)cc1. The van der Waals surface area contributed by atoms with Gasteiger partial charge in [0.25, 0.3) is 10.0 Å². The summed E-state index contributed by atoms with van der Waals surface area (Å²) < 4.78 is 32.7. The van der Waals surface area contributed by atoms with Gasteiger partial charge in [0.2, 0.25) is 0 Å². The van der Waals surface area contributed by atoms with E-state index in [1.54, 1.807) is 38.1 Å². The van der Waals surface area contributed by atoms with Gasteiger partial charge in [0.15, 0.2) is 0 Å². The lowest BCUT2D eigenvalue weighted by atomic mass is 10.1. The van der Waals surface area contributed by atoms with E-state index in [-0.39, 0.29) is 0 Å². The average molecular weight is 376 g/mol. The second kappa shape index (κ2) is 7.88. The maximum atomic E-state index is 12.8. The zero-order valence-electron chi connectivity index (χ0n) is 15.4. The molecule has 0 aliphatic heterocycles. The molecule has 0 saturated carbocycles. The second-order valence-corrected chi connectivity index (χ2v) is 7.98. The standard InChI is InChI=1S/C19H24N2O4S/c1-12-9-13(2)18(14(3)10-12)26(23,24)21-16-7-5-15(6-8-16)11-17(20)19(22)25-4/h5-10,17,21H,11,20H2,1-4H3. The van der Waals surface area contributed by atoms with Gasteiger partial charge in [-0.05, 0) is 56.0 Å². The smallest absolute Gasteiger partial charge is 0.322 e. The Morgan fingerprint density at radius 2 is 1.65 bits per heavy atom. The number of ether oxygens (including phenoxy) is 1. The number of methoxy groups -OCH3 is 1. The number of aryl methyl sites for hydroxylation is 3. The van der Waals surface area contributed by atoms with Crippen molar-refractivity contribution >= 4 is 21.7 Å². The quantitative estimate of drug-likeness (QED) is 0.755. The molecule has 1 atom stereocenters. The molecule has 7 heteroatoms. The molecule has 26 heavy (non-hydrogen) atoms. The first-order valence-electron chi connectivity index (χ1n) is 8.17. The fourth-order valence-electron chi connectivity index (χ4n) is 2.99. The molecular formula is C19H24N2O4S. The van der Waals surface area contributed by atoms with Gasteiger partial charge < -0.3 is 10.5 Å². The van der Waals surface area contributed by atoms with Crippen LogP contribution in [0, 0.1) is 20.8 Å². The van der Waals surface area contributed by atoms with Crippen molar-refractivity contribution in [2.45, 2.75) is 38.1 Å². The maximum absolute atomic E-state index is 12.8. The first kappa shape index (κ1) is 19.9. The summed E-state index contributed by atoms with van der Waals surface area (Å²) in [5.41, 5.74) is 9.42. The van der Waals surface area contributed by atoms with E-state index in [0.29, 0.717) is 28.1 Å². The molecule has 0 saturated heterocycles. The fraction of sp³-hybridized carbons (Fsp3) is 0.316. The normalized spacial score (nSPS) is 12.5.